The van der Waals surface area contributed by atoms with Crippen molar-refractivity contribution in [2.24, 2.45) is 11.8 Å². The van der Waals surface area contributed by atoms with Gasteiger partial charge in [0.25, 0.3) is 0 Å². The molecule has 0 bridgehead atoms. The van der Waals surface area contributed by atoms with Gasteiger partial charge < -0.3 is 14.5 Å². The highest BCUT2D eigenvalue weighted by atomic mass is 32.2. The minimum Gasteiger partial charge on any atom is -0.493 e. The second-order valence-electron chi connectivity index (χ2n) is 8.71. The molecule has 3 aromatic rings. The number of carbonyl (C=O) groups excluding carboxylic acids is 2. The fourth-order valence-electron chi connectivity index (χ4n) is 4.46. The molecule has 0 spiro atoms. The Morgan fingerprint density at radius 2 is 1.79 bits per heavy atom. The number of nitrogens with one attached hydrogen (secondary N) is 1. The van der Waals surface area contributed by atoms with Crippen LogP contribution in [0.25, 0.3) is 0 Å². The van der Waals surface area contributed by atoms with Gasteiger partial charge in [-0.25, -0.2) is 4.90 Å². The molecule has 5 rings (SSSR count). The van der Waals surface area contributed by atoms with Crippen LogP contribution in [0.4, 0.5) is 5.69 Å². The molecule has 2 aromatic carbocycles. The molecule has 1 fully saturated rings. The SMILES string of the molecule is COc1cc(C2c3sc(=O)[nH]c3SC3C(=O)N(c4ccccc4)C(=O)C32)ccc1OCC(C)C. The number of fused-ring (bicyclic) bond motifs is 2. The lowest BCUT2D eigenvalue weighted by Crippen LogP contribution is -2.32. The zero-order valence-corrected chi connectivity index (χ0v) is 20.6. The lowest BCUT2D eigenvalue weighted by molar-refractivity contribution is -0.122. The number of rotatable bonds is 6. The Kier molecular flexibility index (Phi) is 5.99. The van der Waals surface area contributed by atoms with Crippen LogP contribution in [0, 0.1) is 11.8 Å². The standard InChI is InChI=1S/C25H24N2O5S2/c1-13(2)12-32-16-10-9-14(11-17(16)31-3)18-19-21(33-22-20(18)34-25(30)26-22)24(29)27(23(19)28)15-7-5-4-6-8-15/h4-11,13,18-19,21H,12H2,1-3H3,(H,26,30). The van der Waals surface area contributed by atoms with E-state index in [1.165, 1.54) is 16.7 Å². The average molecular weight is 497 g/mol. The van der Waals surface area contributed by atoms with Crippen molar-refractivity contribution in [3.63, 3.8) is 0 Å². The van der Waals surface area contributed by atoms with E-state index >= 15 is 0 Å². The van der Waals surface area contributed by atoms with E-state index in [4.69, 9.17) is 9.47 Å². The second-order valence-corrected chi connectivity index (χ2v) is 10.9. The summed E-state index contributed by atoms with van der Waals surface area (Å²) in [5, 5.41) is 0.0229. The van der Waals surface area contributed by atoms with Crippen molar-refractivity contribution in [1.29, 1.82) is 0 Å². The Morgan fingerprint density at radius 1 is 1.03 bits per heavy atom. The number of para-hydroxylation sites is 1. The molecule has 3 atom stereocenters. The van der Waals surface area contributed by atoms with Crippen LogP contribution in [0.5, 0.6) is 11.5 Å². The third-order valence-electron chi connectivity index (χ3n) is 5.96. The lowest BCUT2D eigenvalue weighted by Gasteiger charge is -2.30. The summed E-state index contributed by atoms with van der Waals surface area (Å²) in [6.07, 6.45) is 0. The number of benzene rings is 2. The third-order valence-corrected chi connectivity index (χ3v) is 8.36. The van der Waals surface area contributed by atoms with E-state index in [2.05, 4.69) is 18.8 Å². The number of H-pyrrole nitrogens is 1. The van der Waals surface area contributed by atoms with Gasteiger partial charge in [0, 0.05) is 10.8 Å². The summed E-state index contributed by atoms with van der Waals surface area (Å²) >= 11 is 2.36. The number of thioether (sulfide) groups is 1. The van der Waals surface area contributed by atoms with Crippen LogP contribution in [0.2, 0.25) is 0 Å². The Balaban J connectivity index is 1.60. The summed E-state index contributed by atoms with van der Waals surface area (Å²) in [4.78, 5) is 44.1. The number of imide groups is 1. The summed E-state index contributed by atoms with van der Waals surface area (Å²) in [5.74, 6) is -0.0986. The third kappa shape index (κ3) is 3.82. The Morgan fingerprint density at radius 3 is 2.50 bits per heavy atom. The number of amides is 2. The van der Waals surface area contributed by atoms with Crippen molar-refractivity contribution in [2.45, 2.75) is 30.0 Å². The number of carbonyl (C=O) groups is 2. The first-order valence-electron chi connectivity index (χ1n) is 11.0. The predicted octanol–water partition coefficient (Wildman–Crippen LogP) is 4.28. The first kappa shape index (κ1) is 22.7. The summed E-state index contributed by atoms with van der Waals surface area (Å²) in [7, 11) is 1.57. The van der Waals surface area contributed by atoms with Crippen LogP contribution < -0.4 is 19.2 Å². The largest absolute Gasteiger partial charge is 0.493 e. The highest BCUT2D eigenvalue weighted by Crippen LogP contribution is 2.53. The number of hydrogen-bond donors (Lipinski definition) is 1. The fraction of sp³-hybridized carbons (Fsp3) is 0.320. The van der Waals surface area contributed by atoms with Crippen molar-refractivity contribution in [3.05, 3.63) is 68.6 Å². The molecule has 2 aliphatic heterocycles. The van der Waals surface area contributed by atoms with E-state index in [0.717, 1.165) is 21.8 Å². The highest BCUT2D eigenvalue weighted by Gasteiger charge is 2.56. The van der Waals surface area contributed by atoms with Crippen molar-refractivity contribution in [2.75, 3.05) is 18.6 Å². The molecule has 0 saturated carbocycles. The molecule has 3 heterocycles. The first-order valence-corrected chi connectivity index (χ1v) is 12.7. The zero-order valence-electron chi connectivity index (χ0n) is 18.9. The fourth-order valence-corrected chi connectivity index (χ4v) is 6.98. The van der Waals surface area contributed by atoms with Crippen molar-refractivity contribution in [3.8, 4) is 11.5 Å². The number of ether oxygens (including phenoxy) is 2. The maximum absolute atomic E-state index is 13.7. The van der Waals surface area contributed by atoms with E-state index in [-0.39, 0.29) is 16.7 Å². The van der Waals surface area contributed by atoms with E-state index in [1.54, 1.807) is 31.4 Å². The maximum Gasteiger partial charge on any atom is 0.305 e. The van der Waals surface area contributed by atoms with Gasteiger partial charge in [-0.3, -0.25) is 14.4 Å². The Labute approximate surface area is 205 Å². The molecule has 0 aliphatic carbocycles. The van der Waals surface area contributed by atoms with Gasteiger partial charge in [-0.1, -0.05) is 61.2 Å². The first-order chi connectivity index (χ1) is 16.4. The normalized spacial score (nSPS) is 21.5. The number of nitrogens with zero attached hydrogens (tertiary/aromatic N) is 1. The maximum atomic E-state index is 13.7. The van der Waals surface area contributed by atoms with E-state index in [0.29, 0.717) is 34.7 Å². The van der Waals surface area contributed by atoms with E-state index in [1.807, 2.05) is 24.3 Å². The molecule has 176 valence electrons. The van der Waals surface area contributed by atoms with Crippen LogP contribution in [0.3, 0.4) is 0 Å². The number of thiazole rings is 1. The molecular weight excluding hydrogens is 472 g/mol. The van der Waals surface area contributed by atoms with Crippen LogP contribution >= 0.6 is 23.1 Å². The molecule has 2 amide bonds. The van der Waals surface area contributed by atoms with Gasteiger partial charge in [-0.15, -0.1) is 0 Å². The molecular formula is C25H24N2O5S2. The van der Waals surface area contributed by atoms with Gasteiger partial charge in [0.2, 0.25) is 11.8 Å². The van der Waals surface area contributed by atoms with Crippen molar-refractivity contribution in [1.82, 2.24) is 4.98 Å². The topological polar surface area (TPSA) is 88.7 Å². The Hall–Kier alpha value is -3.04. The molecule has 1 aromatic heterocycles. The minimum atomic E-state index is -0.635. The van der Waals surface area contributed by atoms with Gasteiger partial charge in [-0.05, 0) is 35.7 Å². The number of aromatic amines is 1. The van der Waals surface area contributed by atoms with Crippen LogP contribution in [-0.2, 0) is 9.59 Å². The molecule has 7 nitrogen and oxygen atoms in total. The predicted molar refractivity (Wildman–Crippen MR) is 132 cm³/mol. The number of methoxy groups -OCH3 is 1. The summed E-state index contributed by atoms with van der Waals surface area (Å²) < 4.78 is 11.5. The molecule has 2 aliphatic rings. The smallest absolute Gasteiger partial charge is 0.305 e. The van der Waals surface area contributed by atoms with E-state index < -0.39 is 17.1 Å². The molecule has 1 N–H and O–H groups in total. The lowest BCUT2D eigenvalue weighted by atomic mass is 9.83. The van der Waals surface area contributed by atoms with Gasteiger partial charge in [-0.2, -0.15) is 0 Å². The summed E-state index contributed by atoms with van der Waals surface area (Å²) in [6, 6.07) is 14.5. The quantitative estimate of drug-likeness (QED) is 0.513. The van der Waals surface area contributed by atoms with Gasteiger partial charge in [0.1, 0.15) is 5.25 Å². The Bertz CT molecular complexity index is 1300. The molecule has 34 heavy (non-hydrogen) atoms. The van der Waals surface area contributed by atoms with Gasteiger partial charge in [0.15, 0.2) is 11.5 Å². The average Bonchev–Trinajstić information content (AvgIpc) is 3.32. The molecule has 9 heteroatoms. The summed E-state index contributed by atoms with van der Waals surface area (Å²) in [6.45, 7) is 4.68. The van der Waals surface area contributed by atoms with Gasteiger partial charge in [0.05, 0.1) is 30.3 Å². The number of hydrogen-bond acceptors (Lipinski definition) is 7. The van der Waals surface area contributed by atoms with Gasteiger partial charge >= 0.3 is 4.87 Å². The highest BCUT2D eigenvalue weighted by molar-refractivity contribution is 8.00. The summed E-state index contributed by atoms with van der Waals surface area (Å²) in [5.41, 5.74) is 1.36. The van der Waals surface area contributed by atoms with Crippen molar-refractivity contribution >= 4 is 40.6 Å². The second kappa shape index (κ2) is 8.96. The minimum absolute atomic E-state index is 0.203. The number of anilines is 1. The van der Waals surface area contributed by atoms with Crippen LogP contribution in [-0.4, -0.2) is 35.8 Å². The zero-order chi connectivity index (χ0) is 24.0. The molecule has 3 unspecified atom stereocenters. The van der Waals surface area contributed by atoms with Crippen LogP contribution in [0.15, 0.2) is 58.4 Å². The van der Waals surface area contributed by atoms with Crippen molar-refractivity contribution < 1.29 is 19.1 Å². The molecule has 0 radical (unpaired) electrons. The monoisotopic (exact) mass is 496 g/mol. The van der Waals surface area contributed by atoms with E-state index in [9.17, 15) is 14.4 Å². The molecule has 1 saturated heterocycles. The van der Waals surface area contributed by atoms with Crippen LogP contribution in [0.1, 0.15) is 30.2 Å². The number of aromatic nitrogens is 1.